The molecule has 6 heteroatoms. The van der Waals surface area contributed by atoms with E-state index < -0.39 is 5.97 Å². The fourth-order valence-electron chi connectivity index (χ4n) is 1.75. The first-order valence-electron chi connectivity index (χ1n) is 5.62. The third-order valence-electron chi connectivity index (χ3n) is 2.45. The van der Waals surface area contributed by atoms with E-state index in [1.807, 2.05) is 16.7 Å². The highest BCUT2D eigenvalue weighted by Gasteiger charge is 2.12. The Labute approximate surface area is 114 Å². The van der Waals surface area contributed by atoms with E-state index in [0.717, 1.165) is 29.2 Å². The van der Waals surface area contributed by atoms with Crippen LogP contribution < -0.4 is 0 Å². The molecule has 0 atom stereocenters. The van der Waals surface area contributed by atoms with Crippen LogP contribution in [0.15, 0.2) is 23.4 Å². The molecule has 4 nitrogen and oxygen atoms in total. The summed E-state index contributed by atoms with van der Waals surface area (Å²) in [6, 6.07) is 5.51. The molecule has 0 aliphatic rings. The zero-order chi connectivity index (χ0) is 13.1. The van der Waals surface area contributed by atoms with Gasteiger partial charge in [0.25, 0.3) is 0 Å². The van der Waals surface area contributed by atoms with Crippen molar-refractivity contribution in [1.82, 2.24) is 9.55 Å². The third-order valence-corrected chi connectivity index (χ3v) is 3.64. The van der Waals surface area contributed by atoms with E-state index in [2.05, 4.69) is 11.9 Å². The number of aromatic nitrogens is 2. The molecule has 18 heavy (non-hydrogen) atoms. The van der Waals surface area contributed by atoms with Crippen molar-refractivity contribution in [2.24, 2.45) is 0 Å². The summed E-state index contributed by atoms with van der Waals surface area (Å²) in [6.07, 6.45) is 0.957. The summed E-state index contributed by atoms with van der Waals surface area (Å²) >= 11 is 7.22. The van der Waals surface area contributed by atoms with Crippen LogP contribution in [0.5, 0.6) is 0 Å². The Balaban J connectivity index is 2.44. The molecule has 0 saturated carbocycles. The van der Waals surface area contributed by atoms with Gasteiger partial charge in [0, 0.05) is 11.6 Å². The van der Waals surface area contributed by atoms with Crippen molar-refractivity contribution in [1.29, 1.82) is 0 Å². The number of nitrogens with zero attached hydrogens (tertiary/aromatic N) is 2. The molecule has 0 unspecified atom stereocenters. The van der Waals surface area contributed by atoms with E-state index in [-0.39, 0.29) is 5.75 Å². The first-order chi connectivity index (χ1) is 8.61. The molecule has 2 aromatic rings. The van der Waals surface area contributed by atoms with E-state index in [9.17, 15) is 4.79 Å². The number of carboxylic acids is 1. The number of benzene rings is 1. The summed E-state index contributed by atoms with van der Waals surface area (Å²) in [6.45, 7) is 2.88. The molecule has 0 aliphatic heterocycles. The highest BCUT2D eigenvalue weighted by atomic mass is 35.5. The molecule has 1 N–H and O–H groups in total. The second-order valence-electron chi connectivity index (χ2n) is 3.86. The molecular weight excluding hydrogens is 272 g/mol. The predicted molar refractivity (Wildman–Crippen MR) is 73.4 cm³/mol. The second kappa shape index (κ2) is 5.63. The molecule has 0 radical (unpaired) electrons. The Morgan fingerprint density at radius 1 is 1.56 bits per heavy atom. The lowest BCUT2D eigenvalue weighted by molar-refractivity contribution is -0.133. The molecule has 0 saturated heterocycles. The summed E-state index contributed by atoms with van der Waals surface area (Å²) in [7, 11) is 0. The maximum absolute atomic E-state index is 10.6. The summed E-state index contributed by atoms with van der Waals surface area (Å²) in [5.74, 6) is -0.825. The molecule has 1 heterocycles. The van der Waals surface area contributed by atoms with Gasteiger partial charge in [-0.25, -0.2) is 4.98 Å². The van der Waals surface area contributed by atoms with Crippen LogP contribution in [0.2, 0.25) is 5.02 Å². The zero-order valence-electron chi connectivity index (χ0n) is 9.89. The molecule has 0 fully saturated rings. The number of aryl methyl sites for hydroxylation is 1. The molecule has 0 bridgehead atoms. The summed E-state index contributed by atoms with van der Waals surface area (Å²) in [5, 5.41) is 10.1. The Hall–Kier alpha value is -1.20. The Morgan fingerprint density at radius 2 is 2.33 bits per heavy atom. The maximum atomic E-state index is 10.6. The predicted octanol–water partition coefficient (Wildman–Crippen LogP) is 3.28. The molecule has 0 spiro atoms. The van der Waals surface area contributed by atoms with Crippen LogP contribution in [-0.2, 0) is 11.3 Å². The standard InChI is InChI=1S/C12H13ClN2O2S/c1-2-5-15-10-6-8(13)3-4-9(10)14-12(15)18-7-11(16)17/h3-4,6H,2,5,7H2,1H3,(H,16,17). The number of hydrogen-bond acceptors (Lipinski definition) is 3. The highest BCUT2D eigenvalue weighted by molar-refractivity contribution is 7.99. The summed E-state index contributed by atoms with van der Waals surface area (Å²) in [5.41, 5.74) is 1.80. The number of halogens is 1. The monoisotopic (exact) mass is 284 g/mol. The lowest BCUT2D eigenvalue weighted by Crippen LogP contribution is -2.03. The van der Waals surface area contributed by atoms with Crippen LogP contribution in [0.3, 0.4) is 0 Å². The number of hydrogen-bond donors (Lipinski definition) is 1. The SMILES string of the molecule is CCCn1c(SCC(=O)O)nc2ccc(Cl)cc21. The van der Waals surface area contributed by atoms with Gasteiger partial charge in [0.2, 0.25) is 0 Å². The zero-order valence-corrected chi connectivity index (χ0v) is 11.5. The van der Waals surface area contributed by atoms with Gasteiger partial charge in [0.15, 0.2) is 5.16 Å². The van der Waals surface area contributed by atoms with Crippen molar-refractivity contribution < 1.29 is 9.90 Å². The molecule has 96 valence electrons. The van der Waals surface area contributed by atoms with Crippen molar-refractivity contribution in [3.8, 4) is 0 Å². The summed E-state index contributed by atoms with van der Waals surface area (Å²) < 4.78 is 2.02. The van der Waals surface area contributed by atoms with Gasteiger partial charge in [-0.1, -0.05) is 30.3 Å². The fraction of sp³-hybridized carbons (Fsp3) is 0.333. The van der Waals surface area contributed by atoms with Crippen LogP contribution in [-0.4, -0.2) is 26.4 Å². The Kier molecular flexibility index (Phi) is 4.14. The van der Waals surface area contributed by atoms with E-state index in [1.165, 1.54) is 11.8 Å². The van der Waals surface area contributed by atoms with Gasteiger partial charge < -0.3 is 9.67 Å². The lowest BCUT2D eigenvalue weighted by atomic mass is 10.3. The van der Waals surface area contributed by atoms with Crippen molar-refractivity contribution in [3.63, 3.8) is 0 Å². The minimum atomic E-state index is -0.840. The number of aliphatic carboxylic acids is 1. The number of thioether (sulfide) groups is 1. The van der Waals surface area contributed by atoms with Crippen LogP contribution in [0.1, 0.15) is 13.3 Å². The van der Waals surface area contributed by atoms with Crippen molar-refractivity contribution in [3.05, 3.63) is 23.2 Å². The Morgan fingerprint density at radius 3 is 3.00 bits per heavy atom. The number of rotatable bonds is 5. The van der Waals surface area contributed by atoms with Crippen LogP contribution in [0.4, 0.5) is 0 Å². The van der Waals surface area contributed by atoms with E-state index in [0.29, 0.717) is 5.02 Å². The lowest BCUT2D eigenvalue weighted by Gasteiger charge is -2.06. The third kappa shape index (κ3) is 2.79. The molecule has 1 aromatic carbocycles. The number of imidazole rings is 1. The highest BCUT2D eigenvalue weighted by Crippen LogP contribution is 2.26. The number of fused-ring (bicyclic) bond motifs is 1. The van der Waals surface area contributed by atoms with Crippen LogP contribution >= 0.6 is 23.4 Å². The Bertz CT molecular complexity index is 583. The fourth-order valence-corrected chi connectivity index (χ4v) is 2.68. The van der Waals surface area contributed by atoms with Gasteiger partial charge in [-0.15, -0.1) is 0 Å². The van der Waals surface area contributed by atoms with Crippen molar-refractivity contribution in [2.45, 2.75) is 25.0 Å². The molecule has 0 amide bonds. The quantitative estimate of drug-likeness (QED) is 0.856. The number of carboxylic acid groups (broad SMARTS) is 1. The van der Waals surface area contributed by atoms with Gasteiger partial charge >= 0.3 is 5.97 Å². The second-order valence-corrected chi connectivity index (χ2v) is 5.24. The topological polar surface area (TPSA) is 55.1 Å². The van der Waals surface area contributed by atoms with Crippen LogP contribution in [0, 0.1) is 0 Å². The van der Waals surface area contributed by atoms with Crippen molar-refractivity contribution in [2.75, 3.05) is 5.75 Å². The number of carbonyl (C=O) groups is 1. The van der Waals surface area contributed by atoms with Gasteiger partial charge in [-0.3, -0.25) is 4.79 Å². The molecular formula is C12H13ClN2O2S. The van der Waals surface area contributed by atoms with Gasteiger partial charge in [0.05, 0.1) is 16.8 Å². The minimum Gasteiger partial charge on any atom is -0.481 e. The molecule has 0 aliphatic carbocycles. The smallest absolute Gasteiger partial charge is 0.313 e. The maximum Gasteiger partial charge on any atom is 0.313 e. The van der Waals surface area contributed by atoms with Crippen LogP contribution in [0.25, 0.3) is 11.0 Å². The largest absolute Gasteiger partial charge is 0.481 e. The molecule has 1 aromatic heterocycles. The van der Waals surface area contributed by atoms with Gasteiger partial charge in [-0.2, -0.15) is 0 Å². The van der Waals surface area contributed by atoms with Gasteiger partial charge in [-0.05, 0) is 24.6 Å². The van der Waals surface area contributed by atoms with E-state index in [1.54, 1.807) is 6.07 Å². The van der Waals surface area contributed by atoms with E-state index >= 15 is 0 Å². The summed E-state index contributed by atoms with van der Waals surface area (Å²) in [4.78, 5) is 15.1. The van der Waals surface area contributed by atoms with Crippen molar-refractivity contribution >= 4 is 40.4 Å². The first kappa shape index (κ1) is 13.2. The normalized spacial score (nSPS) is 11.0. The van der Waals surface area contributed by atoms with Gasteiger partial charge in [0.1, 0.15) is 0 Å². The molecule has 2 rings (SSSR count). The average molecular weight is 285 g/mol. The first-order valence-corrected chi connectivity index (χ1v) is 6.98. The average Bonchev–Trinajstić information content (AvgIpc) is 2.65. The minimum absolute atomic E-state index is 0.0147. The van der Waals surface area contributed by atoms with E-state index in [4.69, 9.17) is 16.7 Å².